The molecule has 0 atom stereocenters. The van der Waals surface area contributed by atoms with Gasteiger partial charge in [-0.3, -0.25) is 0 Å². The first kappa shape index (κ1) is 17.8. The molecule has 0 saturated heterocycles. The van der Waals surface area contributed by atoms with Gasteiger partial charge in [-0.1, -0.05) is 102 Å². The molecular weight excluding hydrogens is 372 g/mol. The van der Waals surface area contributed by atoms with E-state index in [9.17, 15) is 0 Å². The molecule has 31 heavy (non-hydrogen) atoms. The Labute approximate surface area is 182 Å². The zero-order valence-corrected chi connectivity index (χ0v) is 17.1. The third-order valence-electron chi connectivity index (χ3n) is 6.47. The molecule has 0 nitrogen and oxygen atoms in total. The van der Waals surface area contributed by atoms with Crippen molar-refractivity contribution in [1.29, 1.82) is 0 Å². The first-order valence-corrected chi connectivity index (χ1v) is 10.7. The predicted octanol–water partition coefficient (Wildman–Crippen LogP) is 7.70. The van der Waals surface area contributed by atoms with Crippen LogP contribution in [0.1, 0.15) is 16.7 Å². The van der Waals surface area contributed by atoms with Crippen molar-refractivity contribution in [3.05, 3.63) is 155 Å². The summed E-state index contributed by atoms with van der Waals surface area (Å²) in [5, 5.41) is 5.20. The van der Waals surface area contributed by atoms with Gasteiger partial charge in [-0.05, 0) is 23.3 Å². The normalized spacial score (nSPS) is 13.2. The summed E-state index contributed by atoms with van der Waals surface area (Å²) in [7, 11) is 0. The van der Waals surface area contributed by atoms with Crippen molar-refractivity contribution in [3.8, 4) is 0 Å². The molecule has 0 aliphatic heterocycles. The Balaban J connectivity index is 1.89. The number of allylic oxidation sites excluding steroid dienone is 3. The quantitative estimate of drug-likeness (QED) is 0.217. The minimum absolute atomic E-state index is 0.464. The van der Waals surface area contributed by atoms with Crippen molar-refractivity contribution in [1.82, 2.24) is 0 Å². The Morgan fingerprint density at radius 2 is 1.23 bits per heavy atom. The second kappa shape index (κ2) is 7.06. The van der Waals surface area contributed by atoms with Crippen LogP contribution < -0.4 is 0 Å². The summed E-state index contributed by atoms with van der Waals surface area (Å²) in [6.07, 6.45) is 6.35. The number of fused-ring (bicyclic) bond motifs is 3. The lowest BCUT2D eigenvalue weighted by molar-refractivity contribution is 0.762. The van der Waals surface area contributed by atoms with Crippen LogP contribution in [-0.2, 0) is 5.41 Å². The topological polar surface area (TPSA) is 0 Å². The van der Waals surface area contributed by atoms with Crippen LogP contribution >= 0.6 is 0 Å². The maximum absolute atomic E-state index is 3.59. The fourth-order valence-corrected chi connectivity index (χ4v) is 5.26. The van der Waals surface area contributed by atoms with Gasteiger partial charge in [-0.25, -0.2) is 0 Å². The van der Waals surface area contributed by atoms with Gasteiger partial charge in [0.25, 0.3) is 0 Å². The first-order chi connectivity index (χ1) is 15.4. The Kier molecular flexibility index (Phi) is 4.06. The summed E-state index contributed by atoms with van der Waals surface area (Å²) < 4.78 is 0. The van der Waals surface area contributed by atoms with Crippen LogP contribution in [0.5, 0.6) is 0 Å². The Bertz CT molecular complexity index is 1390. The highest BCUT2D eigenvalue weighted by atomic mass is 14.4. The fraction of sp³-hybridized carbons (Fsp3) is 0.0323. The smallest absolute Gasteiger partial charge is 0.0644 e. The highest BCUT2D eigenvalue weighted by molar-refractivity contribution is 6.16. The molecule has 6 rings (SSSR count). The second-order valence-corrected chi connectivity index (χ2v) is 8.03. The lowest BCUT2D eigenvalue weighted by Gasteiger charge is -2.38. The first-order valence-electron chi connectivity index (χ1n) is 10.7. The van der Waals surface area contributed by atoms with Crippen LogP contribution in [0, 0.1) is 0 Å². The Hall–Kier alpha value is -3.99. The number of benzene rings is 4. The molecule has 0 unspecified atom stereocenters. The average Bonchev–Trinajstić information content (AvgIpc) is 3.49. The molecule has 5 aromatic rings. The lowest BCUT2D eigenvalue weighted by Crippen LogP contribution is -2.31. The Morgan fingerprint density at radius 3 is 1.87 bits per heavy atom. The Morgan fingerprint density at radius 1 is 0.613 bits per heavy atom. The van der Waals surface area contributed by atoms with Crippen molar-refractivity contribution in [3.63, 3.8) is 0 Å². The minimum atomic E-state index is -0.464. The zero-order chi connectivity index (χ0) is 20.7. The van der Waals surface area contributed by atoms with Gasteiger partial charge < -0.3 is 0 Å². The predicted molar refractivity (Wildman–Crippen MR) is 131 cm³/mol. The SMILES string of the molecule is C1=CC=CC=1C(c1ccccc1)(c1ccccc1)c1c2ccccc2c2cccc[c-]12. The van der Waals surface area contributed by atoms with Crippen LogP contribution in [0.15, 0.2) is 139 Å². The standard InChI is InChI=1S/C31H21/c1-3-13-23(14-4-1)31(25-17-7-8-18-25,24-15-5-2-6-16-24)30-28-21-11-9-19-26(28)27-20-10-12-22-29(27)30/h1-17,19-22H/q-1. The van der Waals surface area contributed by atoms with Crippen molar-refractivity contribution in [2.45, 2.75) is 5.41 Å². The highest BCUT2D eigenvalue weighted by Gasteiger charge is 2.40. The fourth-order valence-electron chi connectivity index (χ4n) is 5.26. The van der Waals surface area contributed by atoms with E-state index in [0.717, 1.165) is 0 Å². The molecule has 1 aliphatic carbocycles. The third-order valence-corrected chi connectivity index (χ3v) is 6.47. The van der Waals surface area contributed by atoms with E-state index < -0.39 is 5.41 Å². The van der Waals surface area contributed by atoms with Crippen LogP contribution in [0.3, 0.4) is 0 Å². The molecule has 0 spiro atoms. The summed E-state index contributed by atoms with van der Waals surface area (Å²) in [4.78, 5) is 0. The minimum Gasteiger partial charge on any atom is -0.129 e. The summed E-state index contributed by atoms with van der Waals surface area (Å²) in [6, 6.07) is 39.4. The van der Waals surface area contributed by atoms with Crippen molar-refractivity contribution >= 4 is 21.5 Å². The van der Waals surface area contributed by atoms with Crippen molar-refractivity contribution < 1.29 is 0 Å². The van der Waals surface area contributed by atoms with Gasteiger partial charge in [0.05, 0.1) is 5.41 Å². The molecule has 146 valence electrons. The van der Waals surface area contributed by atoms with Crippen molar-refractivity contribution in [2.75, 3.05) is 0 Å². The third kappa shape index (κ3) is 2.53. The zero-order valence-electron chi connectivity index (χ0n) is 17.1. The van der Waals surface area contributed by atoms with Gasteiger partial charge >= 0.3 is 0 Å². The average molecular weight is 394 g/mol. The summed E-state index contributed by atoms with van der Waals surface area (Å²) >= 11 is 0. The maximum Gasteiger partial charge on any atom is 0.0644 e. The van der Waals surface area contributed by atoms with E-state index in [0.29, 0.717) is 0 Å². The molecule has 5 aromatic carbocycles. The summed E-state index contributed by atoms with van der Waals surface area (Å²) in [5.41, 5.74) is 8.14. The van der Waals surface area contributed by atoms with Crippen LogP contribution in [0.2, 0.25) is 0 Å². The number of rotatable bonds is 4. The van der Waals surface area contributed by atoms with E-state index in [1.807, 2.05) is 6.08 Å². The van der Waals surface area contributed by atoms with E-state index in [2.05, 4.69) is 127 Å². The van der Waals surface area contributed by atoms with Gasteiger partial charge in [0, 0.05) is 5.57 Å². The van der Waals surface area contributed by atoms with Crippen LogP contribution in [-0.4, -0.2) is 0 Å². The highest BCUT2D eigenvalue weighted by Crippen LogP contribution is 2.52. The van der Waals surface area contributed by atoms with Gasteiger partial charge in [-0.2, -0.15) is 0 Å². The molecule has 0 aromatic heterocycles. The molecular formula is C31H21-. The molecule has 0 bridgehead atoms. The van der Waals surface area contributed by atoms with Crippen LogP contribution in [0.4, 0.5) is 0 Å². The molecule has 0 heterocycles. The number of hydrogen-bond acceptors (Lipinski definition) is 0. The summed E-state index contributed by atoms with van der Waals surface area (Å²) in [6.45, 7) is 0. The van der Waals surface area contributed by atoms with E-state index in [1.165, 1.54) is 43.8 Å². The molecule has 0 saturated carbocycles. The molecule has 0 N–H and O–H groups in total. The largest absolute Gasteiger partial charge is 0.129 e. The van der Waals surface area contributed by atoms with Crippen LogP contribution in [0.25, 0.3) is 21.5 Å². The molecule has 0 heteroatoms. The van der Waals surface area contributed by atoms with Gasteiger partial charge in [0.15, 0.2) is 0 Å². The monoisotopic (exact) mass is 393 g/mol. The molecule has 1 aliphatic rings. The van der Waals surface area contributed by atoms with E-state index in [4.69, 9.17) is 0 Å². The van der Waals surface area contributed by atoms with Gasteiger partial charge in [0.1, 0.15) is 0 Å². The van der Waals surface area contributed by atoms with E-state index >= 15 is 0 Å². The number of hydrogen-bond donors (Lipinski definition) is 0. The maximum atomic E-state index is 3.59. The molecule has 0 amide bonds. The summed E-state index contributed by atoms with van der Waals surface area (Å²) in [5.74, 6) is 0. The van der Waals surface area contributed by atoms with E-state index in [1.54, 1.807) is 0 Å². The van der Waals surface area contributed by atoms with Gasteiger partial charge in [-0.15, -0.1) is 46.2 Å². The molecule has 0 radical (unpaired) electrons. The molecule has 0 fully saturated rings. The van der Waals surface area contributed by atoms with Gasteiger partial charge in [0.2, 0.25) is 0 Å². The lowest BCUT2D eigenvalue weighted by atomic mass is 9.64. The van der Waals surface area contributed by atoms with Crippen molar-refractivity contribution in [2.24, 2.45) is 0 Å². The second-order valence-electron chi connectivity index (χ2n) is 8.03. The van der Waals surface area contributed by atoms with E-state index in [-0.39, 0.29) is 0 Å².